The summed E-state index contributed by atoms with van der Waals surface area (Å²) in [6, 6.07) is 11.7. The quantitative estimate of drug-likeness (QED) is 0.800. The molecule has 1 aliphatic rings. The summed E-state index contributed by atoms with van der Waals surface area (Å²) in [5.41, 5.74) is 2.85. The highest BCUT2D eigenvalue weighted by molar-refractivity contribution is 6.31. The molecule has 3 rings (SSSR count). The molecule has 0 bridgehead atoms. The summed E-state index contributed by atoms with van der Waals surface area (Å²) in [6.45, 7) is 5.16. The molecule has 2 aromatic rings. The van der Waals surface area contributed by atoms with Crippen molar-refractivity contribution in [3.8, 4) is 11.5 Å². The molecule has 1 amide bonds. The monoisotopic (exact) mass is 403 g/mol. The van der Waals surface area contributed by atoms with Gasteiger partial charge in [0.2, 0.25) is 5.91 Å². The number of benzene rings is 2. The zero-order chi connectivity index (χ0) is 20.1. The number of ether oxygens (including phenoxy) is 2. The third kappa shape index (κ3) is 4.62. The van der Waals surface area contributed by atoms with Crippen molar-refractivity contribution >= 4 is 28.9 Å². The van der Waals surface area contributed by atoms with Crippen LogP contribution in [0.25, 0.3) is 0 Å². The number of nitrogens with one attached hydrogen (secondary N) is 1. The van der Waals surface area contributed by atoms with Crippen LogP contribution in [0.4, 0.5) is 11.4 Å². The molecule has 0 aliphatic carbocycles. The summed E-state index contributed by atoms with van der Waals surface area (Å²) in [5.74, 6) is 1.55. The number of amides is 1. The summed E-state index contributed by atoms with van der Waals surface area (Å²) >= 11 is 6.14. The van der Waals surface area contributed by atoms with Crippen LogP contribution >= 0.6 is 11.6 Å². The lowest BCUT2D eigenvalue weighted by molar-refractivity contribution is -0.129. The third-order valence-corrected chi connectivity index (χ3v) is 5.39. The van der Waals surface area contributed by atoms with Crippen molar-refractivity contribution in [3.05, 3.63) is 47.0 Å². The topological polar surface area (TPSA) is 54.0 Å². The highest BCUT2D eigenvalue weighted by atomic mass is 35.5. The van der Waals surface area contributed by atoms with Crippen molar-refractivity contribution in [1.29, 1.82) is 0 Å². The van der Waals surface area contributed by atoms with E-state index in [1.54, 1.807) is 20.3 Å². The minimum atomic E-state index is 0.0732. The van der Waals surface area contributed by atoms with E-state index in [1.807, 2.05) is 42.2 Å². The van der Waals surface area contributed by atoms with E-state index in [1.165, 1.54) is 0 Å². The van der Waals surface area contributed by atoms with Crippen molar-refractivity contribution in [2.45, 2.75) is 6.92 Å². The van der Waals surface area contributed by atoms with Crippen LogP contribution in [0, 0.1) is 6.92 Å². The Balaban J connectivity index is 1.53. The van der Waals surface area contributed by atoms with E-state index in [2.05, 4.69) is 10.2 Å². The smallest absolute Gasteiger partial charge is 0.241 e. The molecule has 28 heavy (non-hydrogen) atoms. The number of halogens is 1. The van der Waals surface area contributed by atoms with Crippen LogP contribution in [0.2, 0.25) is 5.02 Å². The number of hydrogen-bond donors (Lipinski definition) is 1. The molecule has 0 saturated carbocycles. The van der Waals surface area contributed by atoms with E-state index in [0.717, 1.165) is 35.8 Å². The predicted molar refractivity (Wildman–Crippen MR) is 113 cm³/mol. The van der Waals surface area contributed by atoms with Crippen LogP contribution in [-0.2, 0) is 4.79 Å². The molecule has 1 saturated heterocycles. The number of anilines is 2. The number of nitrogens with zero attached hydrogens (tertiary/aromatic N) is 2. The second-order valence-corrected chi connectivity index (χ2v) is 7.13. The number of carbonyl (C=O) groups excluding carboxylic acids is 1. The maximum absolute atomic E-state index is 12.6. The number of piperazine rings is 1. The predicted octanol–water partition coefficient (Wildman–Crippen LogP) is 3.43. The normalized spacial score (nSPS) is 14.0. The number of rotatable bonds is 6. The molecule has 0 unspecified atom stereocenters. The minimum absolute atomic E-state index is 0.0732. The Morgan fingerprint density at radius 3 is 2.36 bits per heavy atom. The van der Waals surface area contributed by atoms with Gasteiger partial charge in [-0.2, -0.15) is 0 Å². The van der Waals surface area contributed by atoms with E-state index < -0.39 is 0 Å². The second-order valence-electron chi connectivity index (χ2n) is 6.72. The van der Waals surface area contributed by atoms with E-state index in [0.29, 0.717) is 23.9 Å². The first-order valence-corrected chi connectivity index (χ1v) is 9.64. The van der Waals surface area contributed by atoms with Gasteiger partial charge in [-0.15, -0.1) is 0 Å². The molecule has 0 aromatic heterocycles. The van der Waals surface area contributed by atoms with E-state index in [4.69, 9.17) is 21.1 Å². The fourth-order valence-electron chi connectivity index (χ4n) is 3.26. The summed E-state index contributed by atoms with van der Waals surface area (Å²) in [7, 11) is 3.25. The molecule has 0 atom stereocenters. The van der Waals surface area contributed by atoms with Gasteiger partial charge in [-0.1, -0.05) is 11.6 Å². The van der Waals surface area contributed by atoms with Gasteiger partial charge in [0.15, 0.2) is 0 Å². The summed E-state index contributed by atoms with van der Waals surface area (Å²) < 4.78 is 10.6. The zero-order valence-electron chi connectivity index (χ0n) is 16.5. The molecular weight excluding hydrogens is 378 g/mol. The van der Waals surface area contributed by atoms with Crippen LogP contribution in [0.1, 0.15) is 5.56 Å². The molecule has 0 radical (unpaired) electrons. The Kier molecular flexibility index (Phi) is 6.52. The first kappa shape index (κ1) is 20.1. The molecule has 7 heteroatoms. The third-order valence-electron chi connectivity index (χ3n) is 4.98. The average molecular weight is 404 g/mol. The number of hydrogen-bond acceptors (Lipinski definition) is 5. The Morgan fingerprint density at radius 1 is 1.07 bits per heavy atom. The first-order valence-electron chi connectivity index (χ1n) is 9.26. The van der Waals surface area contributed by atoms with Gasteiger partial charge >= 0.3 is 0 Å². The van der Waals surface area contributed by atoms with Crippen molar-refractivity contribution in [3.63, 3.8) is 0 Å². The molecule has 1 heterocycles. The van der Waals surface area contributed by atoms with Crippen molar-refractivity contribution in [2.75, 3.05) is 57.2 Å². The van der Waals surface area contributed by atoms with Crippen LogP contribution in [0.3, 0.4) is 0 Å². The largest absolute Gasteiger partial charge is 0.497 e. The molecule has 1 fully saturated rings. The van der Waals surface area contributed by atoms with Gasteiger partial charge in [-0.3, -0.25) is 4.79 Å². The van der Waals surface area contributed by atoms with Gasteiger partial charge in [0.1, 0.15) is 11.5 Å². The van der Waals surface area contributed by atoms with Crippen molar-refractivity contribution < 1.29 is 14.3 Å². The van der Waals surface area contributed by atoms with Crippen LogP contribution < -0.4 is 19.7 Å². The van der Waals surface area contributed by atoms with E-state index >= 15 is 0 Å². The van der Waals surface area contributed by atoms with Gasteiger partial charge in [-0.25, -0.2) is 0 Å². The van der Waals surface area contributed by atoms with Gasteiger partial charge in [-0.05, 0) is 42.8 Å². The summed E-state index contributed by atoms with van der Waals surface area (Å²) in [6.07, 6.45) is 0. The Hall–Kier alpha value is -2.60. The van der Waals surface area contributed by atoms with Crippen LogP contribution in [0.15, 0.2) is 36.4 Å². The van der Waals surface area contributed by atoms with E-state index in [-0.39, 0.29) is 12.5 Å². The fourth-order valence-corrected chi connectivity index (χ4v) is 3.41. The van der Waals surface area contributed by atoms with Crippen molar-refractivity contribution in [1.82, 2.24) is 4.90 Å². The number of methoxy groups -OCH3 is 2. The van der Waals surface area contributed by atoms with Crippen LogP contribution in [0.5, 0.6) is 11.5 Å². The average Bonchev–Trinajstić information content (AvgIpc) is 2.74. The lowest BCUT2D eigenvalue weighted by atomic mass is 10.2. The molecule has 0 spiro atoms. The van der Waals surface area contributed by atoms with Crippen molar-refractivity contribution in [2.24, 2.45) is 0 Å². The molecule has 1 N–H and O–H groups in total. The Bertz CT molecular complexity index is 818. The molecule has 150 valence electrons. The van der Waals surface area contributed by atoms with E-state index in [9.17, 15) is 4.79 Å². The highest BCUT2D eigenvalue weighted by Gasteiger charge is 2.21. The highest BCUT2D eigenvalue weighted by Crippen LogP contribution is 2.30. The first-order chi connectivity index (χ1) is 13.5. The maximum Gasteiger partial charge on any atom is 0.241 e. The maximum atomic E-state index is 12.6. The zero-order valence-corrected chi connectivity index (χ0v) is 17.3. The SMILES string of the molecule is COc1ccc(N2CCN(C(=O)CNc3cc(C)c(Cl)cc3OC)CC2)cc1. The number of carbonyl (C=O) groups is 1. The molecule has 1 aliphatic heterocycles. The Labute approximate surface area is 171 Å². The lowest BCUT2D eigenvalue weighted by Crippen LogP contribution is -2.50. The van der Waals surface area contributed by atoms with Crippen LogP contribution in [-0.4, -0.2) is 57.8 Å². The van der Waals surface area contributed by atoms with Gasteiger partial charge in [0.05, 0.1) is 26.5 Å². The summed E-state index contributed by atoms with van der Waals surface area (Å²) in [4.78, 5) is 16.8. The fraction of sp³-hybridized carbons (Fsp3) is 0.381. The minimum Gasteiger partial charge on any atom is -0.497 e. The summed E-state index contributed by atoms with van der Waals surface area (Å²) in [5, 5.41) is 3.82. The van der Waals surface area contributed by atoms with Gasteiger partial charge < -0.3 is 24.6 Å². The van der Waals surface area contributed by atoms with Gasteiger partial charge in [0, 0.05) is 43.0 Å². The molecule has 2 aromatic carbocycles. The standard InChI is InChI=1S/C21H26ClN3O3/c1-15-12-19(20(28-3)13-18(15)22)23-14-21(26)25-10-8-24(9-11-25)16-4-6-17(27-2)7-5-16/h4-7,12-13,23H,8-11,14H2,1-3H3. The Morgan fingerprint density at radius 2 is 1.75 bits per heavy atom. The number of aryl methyl sites for hydroxylation is 1. The molecular formula is C21H26ClN3O3. The molecule has 6 nitrogen and oxygen atoms in total. The second kappa shape index (κ2) is 9.06. The van der Waals surface area contributed by atoms with Gasteiger partial charge in [0.25, 0.3) is 0 Å². The lowest BCUT2D eigenvalue weighted by Gasteiger charge is -2.36.